The van der Waals surface area contributed by atoms with Crippen LogP contribution in [0.2, 0.25) is 0 Å². The molecule has 4 aromatic rings. The minimum absolute atomic E-state index is 0.0246. The number of ether oxygens (including phenoxy) is 1. The average molecular weight is 445 g/mol. The van der Waals surface area contributed by atoms with Gasteiger partial charge in [-0.2, -0.15) is 0 Å². The van der Waals surface area contributed by atoms with Gasteiger partial charge in [-0.15, -0.1) is 11.3 Å². The predicted molar refractivity (Wildman–Crippen MR) is 128 cm³/mol. The van der Waals surface area contributed by atoms with Crippen LogP contribution in [0, 0.1) is 0 Å². The predicted octanol–water partition coefficient (Wildman–Crippen LogP) is 5.67. The van der Waals surface area contributed by atoms with Gasteiger partial charge in [-0.1, -0.05) is 61.0 Å². The van der Waals surface area contributed by atoms with E-state index in [-0.39, 0.29) is 24.2 Å². The molecular formula is C26H24N2O3S. The molecule has 0 saturated heterocycles. The van der Waals surface area contributed by atoms with E-state index in [0.29, 0.717) is 10.2 Å². The largest absolute Gasteiger partial charge is 0.461 e. The molecule has 0 radical (unpaired) electrons. The fraction of sp³-hybridized carbons (Fsp3) is 0.269. The highest BCUT2D eigenvalue weighted by molar-refractivity contribution is 7.17. The van der Waals surface area contributed by atoms with Crippen LogP contribution in [0.4, 0.5) is 0 Å². The van der Waals surface area contributed by atoms with Gasteiger partial charge in [0.05, 0.1) is 11.7 Å². The van der Waals surface area contributed by atoms with Gasteiger partial charge >= 0.3 is 5.97 Å². The number of carbonyl (C=O) groups excluding carboxylic acids is 1. The monoisotopic (exact) mass is 444 g/mol. The average Bonchev–Trinajstić information content (AvgIpc) is 3.27. The molecule has 1 saturated carbocycles. The Morgan fingerprint density at radius 1 is 0.969 bits per heavy atom. The smallest absolute Gasteiger partial charge is 0.326 e. The van der Waals surface area contributed by atoms with Gasteiger partial charge < -0.3 is 4.74 Å². The molecule has 1 fully saturated rings. The third-order valence-corrected chi connectivity index (χ3v) is 6.90. The molecule has 0 atom stereocenters. The maximum Gasteiger partial charge on any atom is 0.326 e. The van der Waals surface area contributed by atoms with Crippen LogP contribution in [0.5, 0.6) is 0 Å². The number of rotatable bonds is 5. The van der Waals surface area contributed by atoms with E-state index in [0.717, 1.165) is 47.9 Å². The molecule has 0 bridgehead atoms. The van der Waals surface area contributed by atoms with Crippen molar-refractivity contribution in [3.63, 3.8) is 0 Å². The van der Waals surface area contributed by atoms with Gasteiger partial charge in [0, 0.05) is 10.9 Å². The molecule has 6 heteroatoms. The van der Waals surface area contributed by atoms with Crippen molar-refractivity contribution in [2.45, 2.75) is 44.8 Å². The number of carbonyl (C=O) groups is 1. The van der Waals surface area contributed by atoms with E-state index in [1.54, 1.807) is 0 Å². The van der Waals surface area contributed by atoms with Gasteiger partial charge in [0.25, 0.3) is 5.56 Å². The first-order chi connectivity index (χ1) is 15.7. The second-order valence-electron chi connectivity index (χ2n) is 8.20. The lowest BCUT2D eigenvalue weighted by Gasteiger charge is -2.21. The van der Waals surface area contributed by atoms with Crippen molar-refractivity contribution in [3.05, 3.63) is 76.7 Å². The summed E-state index contributed by atoms with van der Waals surface area (Å²) in [4.78, 5) is 30.8. The van der Waals surface area contributed by atoms with E-state index in [9.17, 15) is 9.59 Å². The van der Waals surface area contributed by atoms with Crippen molar-refractivity contribution in [1.29, 1.82) is 0 Å². The first-order valence-corrected chi connectivity index (χ1v) is 11.9. The molecule has 0 aliphatic heterocycles. The molecule has 162 valence electrons. The summed E-state index contributed by atoms with van der Waals surface area (Å²) in [7, 11) is 0. The van der Waals surface area contributed by atoms with Crippen molar-refractivity contribution < 1.29 is 9.53 Å². The zero-order valence-corrected chi connectivity index (χ0v) is 18.5. The van der Waals surface area contributed by atoms with Crippen LogP contribution in [-0.2, 0) is 16.1 Å². The molecular weight excluding hydrogens is 420 g/mol. The zero-order valence-electron chi connectivity index (χ0n) is 17.7. The van der Waals surface area contributed by atoms with E-state index in [1.807, 2.05) is 35.7 Å². The Hall–Kier alpha value is -3.25. The van der Waals surface area contributed by atoms with E-state index < -0.39 is 0 Å². The minimum atomic E-state index is -0.371. The SMILES string of the molecule is O=C(Cn1cnc2scc(-c3ccc(-c4ccccc4)cc3)c2c1=O)OC1CCCCC1. The molecule has 0 spiro atoms. The van der Waals surface area contributed by atoms with Crippen molar-refractivity contribution in [2.75, 3.05) is 0 Å². The zero-order chi connectivity index (χ0) is 21.9. The van der Waals surface area contributed by atoms with Crippen molar-refractivity contribution >= 4 is 27.5 Å². The molecule has 2 heterocycles. The van der Waals surface area contributed by atoms with Crippen LogP contribution >= 0.6 is 11.3 Å². The molecule has 32 heavy (non-hydrogen) atoms. The molecule has 0 unspecified atom stereocenters. The Kier molecular flexibility index (Phi) is 5.86. The summed E-state index contributed by atoms with van der Waals surface area (Å²) in [6.45, 7) is -0.111. The Balaban J connectivity index is 1.41. The normalized spacial score (nSPS) is 14.5. The maximum absolute atomic E-state index is 13.2. The number of nitrogens with zero attached hydrogens (tertiary/aromatic N) is 2. The van der Waals surface area contributed by atoms with E-state index >= 15 is 0 Å². The first-order valence-electron chi connectivity index (χ1n) is 11.0. The molecule has 2 aromatic heterocycles. The summed E-state index contributed by atoms with van der Waals surface area (Å²) < 4.78 is 6.95. The molecule has 1 aliphatic rings. The van der Waals surface area contributed by atoms with Crippen molar-refractivity contribution in [3.8, 4) is 22.3 Å². The minimum Gasteiger partial charge on any atom is -0.461 e. The molecule has 5 rings (SSSR count). The number of hydrogen-bond donors (Lipinski definition) is 0. The molecule has 5 nitrogen and oxygen atoms in total. The van der Waals surface area contributed by atoms with Crippen LogP contribution in [0.1, 0.15) is 32.1 Å². The third kappa shape index (κ3) is 4.23. The van der Waals surface area contributed by atoms with Crippen LogP contribution in [-0.4, -0.2) is 21.6 Å². The Morgan fingerprint density at radius 2 is 1.66 bits per heavy atom. The lowest BCUT2D eigenvalue weighted by Crippen LogP contribution is -2.28. The summed E-state index contributed by atoms with van der Waals surface area (Å²) in [5.41, 5.74) is 3.86. The van der Waals surface area contributed by atoms with Crippen LogP contribution in [0.3, 0.4) is 0 Å². The maximum atomic E-state index is 13.2. The van der Waals surface area contributed by atoms with Crippen LogP contribution in [0.15, 0.2) is 71.1 Å². The van der Waals surface area contributed by atoms with Crippen molar-refractivity contribution in [2.24, 2.45) is 0 Å². The van der Waals surface area contributed by atoms with Gasteiger partial charge in [0.15, 0.2) is 0 Å². The van der Waals surface area contributed by atoms with Gasteiger partial charge in [0.2, 0.25) is 0 Å². The number of benzene rings is 2. The highest BCUT2D eigenvalue weighted by Crippen LogP contribution is 2.32. The third-order valence-electron chi connectivity index (χ3n) is 6.01. The first kappa shape index (κ1) is 20.6. The van der Waals surface area contributed by atoms with E-state index in [1.165, 1.54) is 28.7 Å². The lowest BCUT2D eigenvalue weighted by molar-refractivity contribution is -0.151. The van der Waals surface area contributed by atoms with Crippen LogP contribution in [0.25, 0.3) is 32.5 Å². The number of thiophene rings is 1. The molecule has 0 N–H and O–H groups in total. The summed E-state index contributed by atoms with van der Waals surface area (Å²) in [6.07, 6.45) is 6.62. The van der Waals surface area contributed by atoms with E-state index in [4.69, 9.17) is 4.74 Å². The molecule has 2 aromatic carbocycles. The summed E-state index contributed by atoms with van der Waals surface area (Å²) in [5.74, 6) is -0.371. The summed E-state index contributed by atoms with van der Waals surface area (Å²) in [5, 5.41) is 2.51. The number of hydrogen-bond acceptors (Lipinski definition) is 5. The van der Waals surface area contributed by atoms with Crippen LogP contribution < -0.4 is 5.56 Å². The van der Waals surface area contributed by atoms with Gasteiger partial charge in [-0.05, 0) is 42.4 Å². The number of aromatic nitrogens is 2. The molecule has 0 amide bonds. The fourth-order valence-corrected chi connectivity index (χ4v) is 5.22. The second-order valence-corrected chi connectivity index (χ2v) is 9.06. The summed E-state index contributed by atoms with van der Waals surface area (Å²) in [6, 6.07) is 18.4. The Labute approximate surface area is 190 Å². The second kappa shape index (κ2) is 9.09. The quantitative estimate of drug-likeness (QED) is 0.372. The highest BCUT2D eigenvalue weighted by Gasteiger charge is 2.19. The fourth-order valence-electron chi connectivity index (χ4n) is 4.31. The Bertz CT molecular complexity index is 1290. The van der Waals surface area contributed by atoms with Crippen molar-refractivity contribution in [1.82, 2.24) is 9.55 Å². The standard InChI is InChI=1S/C26H24N2O3S/c29-23(31-21-9-5-2-6-10-21)15-28-17-27-25-24(26(28)30)22(16-32-25)20-13-11-19(12-14-20)18-7-3-1-4-8-18/h1,3-4,7-8,11-14,16-17,21H,2,5-6,9-10,15H2. The van der Waals surface area contributed by atoms with E-state index in [2.05, 4.69) is 29.2 Å². The highest BCUT2D eigenvalue weighted by atomic mass is 32.1. The summed E-state index contributed by atoms with van der Waals surface area (Å²) >= 11 is 1.44. The number of fused-ring (bicyclic) bond motifs is 1. The van der Waals surface area contributed by atoms with Gasteiger partial charge in [-0.3, -0.25) is 14.2 Å². The molecule has 1 aliphatic carbocycles. The van der Waals surface area contributed by atoms with Gasteiger partial charge in [0.1, 0.15) is 17.5 Å². The lowest BCUT2D eigenvalue weighted by atomic mass is 9.98. The topological polar surface area (TPSA) is 61.2 Å². The number of esters is 1. The van der Waals surface area contributed by atoms with Gasteiger partial charge in [-0.25, -0.2) is 4.98 Å². The Morgan fingerprint density at radius 3 is 2.41 bits per heavy atom.